The van der Waals surface area contributed by atoms with Gasteiger partial charge in [-0.1, -0.05) is 17.3 Å². The number of aromatic nitrogens is 2. The summed E-state index contributed by atoms with van der Waals surface area (Å²) in [5.41, 5.74) is 3.26. The number of carbonyl (C=O) groups excluding carboxylic acids is 2. The molecule has 0 atom stereocenters. The van der Waals surface area contributed by atoms with E-state index in [-0.39, 0.29) is 11.3 Å². The zero-order valence-corrected chi connectivity index (χ0v) is 18.5. The summed E-state index contributed by atoms with van der Waals surface area (Å²) in [5, 5.41) is 9.01. The molecule has 0 saturated heterocycles. The number of aryl methyl sites for hydroxylation is 2. The Kier molecular flexibility index (Phi) is 5.65. The van der Waals surface area contributed by atoms with Crippen LogP contribution in [0.1, 0.15) is 21.6 Å². The van der Waals surface area contributed by atoms with E-state index in [1.807, 2.05) is 36.6 Å². The van der Waals surface area contributed by atoms with Crippen LogP contribution in [0.2, 0.25) is 0 Å². The number of halogens is 1. The number of hydrogen-bond donors (Lipinski definition) is 1. The fraction of sp³-hybridized carbons (Fsp3) is 0.143. The first-order valence-electron chi connectivity index (χ1n) is 8.96. The fourth-order valence-corrected chi connectivity index (χ4v) is 4.20. The number of thiophene rings is 1. The summed E-state index contributed by atoms with van der Waals surface area (Å²) in [6.45, 7) is 3.24. The Balaban J connectivity index is 1.54. The van der Waals surface area contributed by atoms with Crippen molar-refractivity contribution in [3.63, 3.8) is 0 Å². The monoisotopic (exact) mass is 485 g/mol. The molecule has 4 rings (SSSR count). The van der Waals surface area contributed by atoms with Crippen molar-refractivity contribution in [3.05, 3.63) is 63.1 Å². The number of rotatable bonds is 5. The lowest BCUT2D eigenvalue weighted by Crippen LogP contribution is -2.21. The zero-order chi connectivity index (χ0) is 21.3. The maximum atomic E-state index is 12.8. The molecule has 0 aliphatic carbocycles. The first-order valence-corrected chi connectivity index (χ1v) is 10.6. The SMILES string of the molecule is Cc1ccc(NC(=O)COC(=O)c2cc(-c3cccs3)nc3onc(C)c23)c(Br)c1. The predicted molar refractivity (Wildman–Crippen MR) is 118 cm³/mol. The molecule has 1 N–H and O–H groups in total. The molecule has 4 aromatic rings. The number of anilines is 1. The molecule has 3 heterocycles. The number of hydrogen-bond acceptors (Lipinski definition) is 7. The predicted octanol–water partition coefficient (Wildman–Crippen LogP) is 5.13. The van der Waals surface area contributed by atoms with E-state index in [0.717, 1.165) is 14.9 Å². The van der Waals surface area contributed by atoms with Gasteiger partial charge in [-0.25, -0.2) is 9.78 Å². The fourth-order valence-electron chi connectivity index (χ4n) is 2.92. The first kappa shape index (κ1) is 20.2. The van der Waals surface area contributed by atoms with Crippen LogP contribution < -0.4 is 5.32 Å². The van der Waals surface area contributed by atoms with E-state index in [4.69, 9.17) is 9.26 Å². The van der Waals surface area contributed by atoms with Crippen molar-refractivity contribution in [1.29, 1.82) is 0 Å². The number of nitrogens with one attached hydrogen (secondary N) is 1. The van der Waals surface area contributed by atoms with Crippen LogP contribution >= 0.6 is 27.3 Å². The Bertz CT molecular complexity index is 1250. The van der Waals surface area contributed by atoms with Crippen molar-refractivity contribution in [2.24, 2.45) is 0 Å². The van der Waals surface area contributed by atoms with Crippen molar-refractivity contribution >= 4 is 55.9 Å². The minimum absolute atomic E-state index is 0.249. The van der Waals surface area contributed by atoms with Gasteiger partial charge in [0.05, 0.1) is 32.9 Å². The molecular weight excluding hydrogens is 470 g/mol. The molecule has 7 nitrogen and oxygen atoms in total. The van der Waals surface area contributed by atoms with Gasteiger partial charge in [0, 0.05) is 4.47 Å². The molecule has 0 fully saturated rings. The summed E-state index contributed by atoms with van der Waals surface area (Å²) in [6.07, 6.45) is 0. The third-order valence-electron chi connectivity index (χ3n) is 4.34. The summed E-state index contributed by atoms with van der Waals surface area (Å²) in [5.74, 6) is -1.09. The second-order valence-electron chi connectivity index (χ2n) is 6.59. The Morgan fingerprint density at radius 1 is 1.23 bits per heavy atom. The van der Waals surface area contributed by atoms with E-state index in [1.54, 1.807) is 19.1 Å². The van der Waals surface area contributed by atoms with Gasteiger partial charge in [0.2, 0.25) is 0 Å². The van der Waals surface area contributed by atoms with Gasteiger partial charge in [-0.3, -0.25) is 4.79 Å². The number of fused-ring (bicyclic) bond motifs is 1. The second-order valence-corrected chi connectivity index (χ2v) is 8.39. The maximum absolute atomic E-state index is 12.8. The molecule has 0 saturated carbocycles. The number of pyridine rings is 1. The Hall–Kier alpha value is -3.04. The summed E-state index contributed by atoms with van der Waals surface area (Å²) < 4.78 is 11.3. The van der Waals surface area contributed by atoms with Gasteiger partial charge >= 0.3 is 5.97 Å². The Morgan fingerprint density at radius 3 is 2.80 bits per heavy atom. The maximum Gasteiger partial charge on any atom is 0.339 e. The standard InChI is InChI=1S/C21H16BrN3O4S/c1-11-5-6-15(14(22)8-11)23-18(26)10-28-21(27)13-9-16(17-4-3-7-30-17)24-20-19(13)12(2)25-29-20/h3-9H,10H2,1-2H3,(H,23,26). The lowest BCUT2D eigenvalue weighted by Gasteiger charge is -2.09. The largest absolute Gasteiger partial charge is 0.452 e. The van der Waals surface area contributed by atoms with Crippen molar-refractivity contribution < 1.29 is 18.8 Å². The van der Waals surface area contributed by atoms with Gasteiger partial charge in [-0.05, 0) is 65.0 Å². The molecule has 0 aliphatic heterocycles. The van der Waals surface area contributed by atoms with Crippen molar-refractivity contribution in [1.82, 2.24) is 10.1 Å². The number of esters is 1. The number of ether oxygens (including phenoxy) is 1. The molecule has 0 aliphatic rings. The number of benzene rings is 1. The highest BCUT2D eigenvalue weighted by molar-refractivity contribution is 9.10. The van der Waals surface area contributed by atoms with Crippen LogP contribution in [0.15, 0.2) is 50.8 Å². The highest BCUT2D eigenvalue weighted by Crippen LogP contribution is 2.30. The van der Waals surface area contributed by atoms with E-state index in [9.17, 15) is 9.59 Å². The number of amides is 1. The molecule has 3 aromatic heterocycles. The van der Waals surface area contributed by atoms with Gasteiger partial charge in [-0.15, -0.1) is 11.3 Å². The van der Waals surface area contributed by atoms with Crippen LogP contribution in [-0.4, -0.2) is 28.6 Å². The van der Waals surface area contributed by atoms with E-state index < -0.39 is 18.5 Å². The average molecular weight is 486 g/mol. The van der Waals surface area contributed by atoms with Gasteiger partial charge in [0.1, 0.15) is 0 Å². The van der Waals surface area contributed by atoms with Crippen molar-refractivity contribution in [2.45, 2.75) is 13.8 Å². The van der Waals surface area contributed by atoms with Gasteiger partial charge in [-0.2, -0.15) is 0 Å². The van der Waals surface area contributed by atoms with E-state index in [1.165, 1.54) is 11.3 Å². The summed E-state index contributed by atoms with van der Waals surface area (Å²) in [6, 6.07) is 11.0. The van der Waals surface area contributed by atoms with E-state index in [2.05, 4.69) is 31.4 Å². The molecule has 0 bridgehead atoms. The minimum Gasteiger partial charge on any atom is -0.452 e. The molecule has 30 heavy (non-hydrogen) atoms. The molecule has 9 heteroatoms. The number of carbonyl (C=O) groups is 2. The molecular formula is C21H16BrN3O4S. The van der Waals surface area contributed by atoms with Gasteiger partial charge < -0.3 is 14.6 Å². The third kappa shape index (κ3) is 4.12. The number of nitrogens with zero attached hydrogens (tertiary/aromatic N) is 2. The first-order chi connectivity index (χ1) is 14.4. The smallest absolute Gasteiger partial charge is 0.339 e. The normalized spacial score (nSPS) is 10.9. The van der Waals surface area contributed by atoms with Gasteiger partial charge in [0.25, 0.3) is 11.6 Å². The van der Waals surface area contributed by atoms with Crippen LogP contribution in [0.3, 0.4) is 0 Å². The Labute approximate surface area is 184 Å². The lowest BCUT2D eigenvalue weighted by molar-refractivity contribution is -0.119. The quantitative estimate of drug-likeness (QED) is 0.394. The van der Waals surface area contributed by atoms with Crippen LogP contribution in [-0.2, 0) is 9.53 Å². The summed E-state index contributed by atoms with van der Waals surface area (Å²) in [7, 11) is 0. The molecule has 1 amide bonds. The van der Waals surface area contributed by atoms with Crippen LogP contribution in [0.25, 0.3) is 21.7 Å². The summed E-state index contributed by atoms with van der Waals surface area (Å²) in [4.78, 5) is 30.4. The topological polar surface area (TPSA) is 94.3 Å². The second kappa shape index (κ2) is 8.37. The highest BCUT2D eigenvalue weighted by atomic mass is 79.9. The Morgan fingerprint density at radius 2 is 2.07 bits per heavy atom. The van der Waals surface area contributed by atoms with Crippen molar-refractivity contribution in [2.75, 3.05) is 11.9 Å². The molecule has 0 radical (unpaired) electrons. The molecule has 152 valence electrons. The lowest BCUT2D eigenvalue weighted by atomic mass is 10.1. The van der Waals surface area contributed by atoms with E-state index >= 15 is 0 Å². The molecule has 0 spiro atoms. The molecule has 0 unspecified atom stereocenters. The zero-order valence-electron chi connectivity index (χ0n) is 16.1. The van der Waals surface area contributed by atoms with E-state index in [0.29, 0.717) is 22.5 Å². The minimum atomic E-state index is -0.648. The third-order valence-corrected chi connectivity index (χ3v) is 5.89. The summed E-state index contributed by atoms with van der Waals surface area (Å²) >= 11 is 4.89. The van der Waals surface area contributed by atoms with Crippen molar-refractivity contribution in [3.8, 4) is 10.6 Å². The van der Waals surface area contributed by atoms with Crippen LogP contribution in [0.4, 0.5) is 5.69 Å². The van der Waals surface area contributed by atoms with Gasteiger partial charge in [0.15, 0.2) is 6.61 Å². The highest BCUT2D eigenvalue weighted by Gasteiger charge is 2.21. The molecule has 1 aromatic carbocycles. The average Bonchev–Trinajstić information content (AvgIpc) is 3.38. The van der Waals surface area contributed by atoms with Crippen LogP contribution in [0.5, 0.6) is 0 Å². The van der Waals surface area contributed by atoms with Crippen LogP contribution in [0, 0.1) is 13.8 Å².